The highest BCUT2D eigenvalue weighted by Crippen LogP contribution is 2.25. The molecule has 0 spiro atoms. The molecule has 4 nitrogen and oxygen atoms in total. The maximum absolute atomic E-state index is 4.49. The standard InChI is InChI=1S/C11H20N2.C9H16N2/c1-8(2)13-7-10(9(3)12-13)11(4,5)6;1-7-8(9(2,3)4)6-11(5)10-7/h7-8H,1-6H3;6H,1-5H3. The van der Waals surface area contributed by atoms with Gasteiger partial charge in [-0.2, -0.15) is 10.2 Å². The van der Waals surface area contributed by atoms with Crippen molar-refractivity contribution < 1.29 is 0 Å². The van der Waals surface area contributed by atoms with E-state index < -0.39 is 0 Å². The van der Waals surface area contributed by atoms with Crippen molar-refractivity contribution in [1.29, 1.82) is 0 Å². The van der Waals surface area contributed by atoms with Gasteiger partial charge in [0.05, 0.1) is 11.4 Å². The van der Waals surface area contributed by atoms with E-state index in [1.165, 1.54) is 11.1 Å². The van der Waals surface area contributed by atoms with Gasteiger partial charge in [0.1, 0.15) is 0 Å². The third kappa shape index (κ3) is 5.22. The molecule has 0 N–H and O–H groups in total. The van der Waals surface area contributed by atoms with E-state index in [1.54, 1.807) is 0 Å². The molecule has 0 saturated heterocycles. The lowest BCUT2D eigenvalue weighted by molar-refractivity contribution is 0.526. The van der Waals surface area contributed by atoms with Crippen LogP contribution in [0.15, 0.2) is 12.4 Å². The van der Waals surface area contributed by atoms with Crippen molar-refractivity contribution in [2.45, 2.75) is 86.1 Å². The minimum absolute atomic E-state index is 0.206. The fourth-order valence-corrected chi connectivity index (χ4v) is 2.82. The molecule has 2 heterocycles. The lowest BCUT2D eigenvalue weighted by Gasteiger charge is -2.16. The largest absolute Gasteiger partial charge is 0.275 e. The lowest BCUT2D eigenvalue weighted by atomic mass is 9.88. The summed E-state index contributed by atoms with van der Waals surface area (Å²) in [5.41, 5.74) is 5.40. The normalized spacial score (nSPS) is 12.3. The molecule has 0 fully saturated rings. The van der Waals surface area contributed by atoms with Crippen LogP contribution in [0.2, 0.25) is 0 Å². The fraction of sp³-hybridized carbons (Fsp3) is 0.700. The van der Waals surface area contributed by atoms with Crippen molar-refractivity contribution in [3.8, 4) is 0 Å². The summed E-state index contributed by atoms with van der Waals surface area (Å²) in [6.45, 7) is 21.7. The minimum atomic E-state index is 0.206. The molecule has 2 aromatic rings. The van der Waals surface area contributed by atoms with Gasteiger partial charge >= 0.3 is 0 Å². The summed E-state index contributed by atoms with van der Waals surface area (Å²) in [6.07, 6.45) is 4.26. The summed E-state index contributed by atoms with van der Waals surface area (Å²) in [7, 11) is 1.96. The second kappa shape index (κ2) is 7.12. The molecule has 2 aromatic heterocycles. The van der Waals surface area contributed by atoms with Gasteiger partial charge in [-0.05, 0) is 49.7 Å². The predicted octanol–water partition coefficient (Wildman–Crippen LogP) is 5.10. The van der Waals surface area contributed by atoms with Gasteiger partial charge in [0.2, 0.25) is 0 Å². The Hall–Kier alpha value is -1.58. The van der Waals surface area contributed by atoms with Crippen LogP contribution in [0, 0.1) is 13.8 Å². The maximum atomic E-state index is 4.49. The van der Waals surface area contributed by atoms with Crippen molar-refractivity contribution in [2.24, 2.45) is 7.05 Å². The van der Waals surface area contributed by atoms with E-state index in [2.05, 4.69) is 91.8 Å². The van der Waals surface area contributed by atoms with Crippen LogP contribution in [-0.4, -0.2) is 19.6 Å². The van der Waals surface area contributed by atoms with Gasteiger partial charge in [0.25, 0.3) is 0 Å². The number of hydrogen-bond donors (Lipinski definition) is 0. The molecule has 0 atom stereocenters. The van der Waals surface area contributed by atoms with Gasteiger partial charge in [-0.25, -0.2) is 0 Å². The second-order valence-electron chi connectivity index (χ2n) is 9.00. The molecule has 0 aromatic carbocycles. The van der Waals surface area contributed by atoms with E-state index >= 15 is 0 Å². The molecule has 0 saturated carbocycles. The molecule has 0 amide bonds. The first-order valence-electron chi connectivity index (χ1n) is 8.80. The highest BCUT2D eigenvalue weighted by atomic mass is 15.3. The molecule has 0 radical (unpaired) electrons. The van der Waals surface area contributed by atoms with E-state index in [-0.39, 0.29) is 10.8 Å². The van der Waals surface area contributed by atoms with Crippen LogP contribution < -0.4 is 0 Å². The Balaban J connectivity index is 0.000000243. The van der Waals surface area contributed by atoms with Crippen LogP contribution in [0.3, 0.4) is 0 Å². The zero-order valence-corrected chi connectivity index (χ0v) is 17.5. The molecular formula is C20H36N4. The van der Waals surface area contributed by atoms with E-state index in [0.717, 1.165) is 11.4 Å². The number of aryl methyl sites for hydroxylation is 3. The maximum Gasteiger partial charge on any atom is 0.0631 e. The Morgan fingerprint density at radius 3 is 1.42 bits per heavy atom. The van der Waals surface area contributed by atoms with Crippen LogP contribution in [0.4, 0.5) is 0 Å². The molecule has 0 bridgehead atoms. The van der Waals surface area contributed by atoms with Crippen molar-refractivity contribution in [3.05, 3.63) is 34.9 Å². The Morgan fingerprint density at radius 2 is 1.21 bits per heavy atom. The number of hydrogen-bond acceptors (Lipinski definition) is 2. The zero-order chi connectivity index (χ0) is 18.9. The Morgan fingerprint density at radius 1 is 0.792 bits per heavy atom. The van der Waals surface area contributed by atoms with E-state index in [9.17, 15) is 0 Å². The second-order valence-corrected chi connectivity index (χ2v) is 9.00. The molecule has 0 aliphatic rings. The van der Waals surface area contributed by atoms with E-state index in [4.69, 9.17) is 0 Å². The molecule has 2 rings (SSSR count). The van der Waals surface area contributed by atoms with Gasteiger partial charge in [-0.15, -0.1) is 0 Å². The van der Waals surface area contributed by atoms with Crippen LogP contribution >= 0.6 is 0 Å². The fourth-order valence-electron chi connectivity index (χ4n) is 2.82. The van der Waals surface area contributed by atoms with Gasteiger partial charge < -0.3 is 0 Å². The first-order chi connectivity index (χ1) is 10.7. The molecule has 0 aliphatic carbocycles. The molecular weight excluding hydrogens is 296 g/mol. The quantitative estimate of drug-likeness (QED) is 0.728. The molecule has 0 aliphatic heterocycles. The van der Waals surface area contributed by atoms with E-state index in [0.29, 0.717) is 6.04 Å². The molecule has 136 valence electrons. The Bertz CT molecular complexity index is 661. The summed E-state index contributed by atoms with van der Waals surface area (Å²) in [5.74, 6) is 0. The monoisotopic (exact) mass is 332 g/mol. The molecule has 4 heteroatoms. The lowest BCUT2D eigenvalue weighted by Crippen LogP contribution is -2.11. The summed E-state index contributed by atoms with van der Waals surface area (Å²) in [6, 6.07) is 0.454. The van der Waals surface area contributed by atoms with Gasteiger partial charge in [0.15, 0.2) is 0 Å². The van der Waals surface area contributed by atoms with Gasteiger partial charge in [-0.3, -0.25) is 9.36 Å². The average Bonchev–Trinajstić information content (AvgIpc) is 2.92. The van der Waals surface area contributed by atoms with Crippen molar-refractivity contribution >= 4 is 0 Å². The number of nitrogens with zero attached hydrogens (tertiary/aromatic N) is 4. The Labute approximate surface area is 148 Å². The topological polar surface area (TPSA) is 35.6 Å². The predicted molar refractivity (Wildman–Crippen MR) is 103 cm³/mol. The molecule has 0 unspecified atom stereocenters. The SMILES string of the molecule is Cc1nn(C(C)C)cc1C(C)(C)C.Cc1nn(C)cc1C(C)(C)C. The van der Waals surface area contributed by atoms with Crippen LogP contribution in [-0.2, 0) is 17.9 Å². The van der Waals surface area contributed by atoms with E-state index in [1.807, 2.05) is 16.4 Å². The highest BCUT2D eigenvalue weighted by molar-refractivity contribution is 5.24. The minimum Gasteiger partial charge on any atom is -0.275 e. The van der Waals surface area contributed by atoms with Crippen LogP contribution in [0.25, 0.3) is 0 Å². The van der Waals surface area contributed by atoms with Gasteiger partial charge in [0, 0.05) is 25.5 Å². The van der Waals surface area contributed by atoms with Crippen molar-refractivity contribution in [3.63, 3.8) is 0 Å². The van der Waals surface area contributed by atoms with Crippen molar-refractivity contribution in [2.75, 3.05) is 0 Å². The van der Waals surface area contributed by atoms with Crippen LogP contribution in [0.1, 0.15) is 83.9 Å². The average molecular weight is 333 g/mol. The Kier molecular flexibility index (Phi) is 6.07. The summed E-state index contributed by atoms with van der Waals surface area (Å²) in [5, 5.41) is 8.79. The number of aromatic nitrogens is 4. The summed E-state index contributed by atoms with van der Waals surface area (Å²) in [4.78, 5) is 0. The third-order valence-corrected chi connectivity index (χ3v) is 4.08. The van der Waals surface area contributed by atoms with Crippen LogP contribution in [0.5, 0.6) is 0 Å². The molecule has 24 heavy (non-hydrogen) atoms. The first-order valence-corrected chi connectivity index (χ1v) is 8.80. The summed E-state index contributed by atoms with van der Waals surface area (Å²) >= 11 is 0. The highest BCUT2D eigenvalue weighted by Gasteiger charge is 2.20. The first kappa shape index (κ1) is 20.5. The van der Waals surface area contributed by atoms with Crippen molar-refractivity contribution in [1.82, 2.24) is 19.6 Å². The van der Waals surface area contributed by atoms with Gasteiger partial charge in [-0.1, -0.05) is 41.5 Å². The zero-order valence-electron chi connectivity index (χ0n) is 17.5. The number of rotatable bonds is 1. The smallest absolute Gasteiger partial charge is 0.0631 e. The third-order valence-electron chi connectivity index (χ3n) is 4.08. The summed E-state index contributed by atoms with van der Waals surface area (Å²) < 4.78 is 3.91.